The van der Waals surface area contributed by atoms with Gasteiger partial charge in [-0.25, -0.2) is 13.2 Å². The van der Waals surface area contributed by atoms with Gasteiger partial charge >= 0.3 is 5.97 Å². The Kier molecular flexibility index (Phi) is 7.84. The van der Waals surface area contributed by atoms with Crippen LogP contribution in [0.15, 0.2) is 84.9 Å². The smallest absolute Gasteiger partial charge is 0.338 e. The molecule has 7 nitrogen and oxygen atoms in total. The summed E-state index contributed by atoms with van der Waals surface area (Å²) in [6.07, 6.45) is -0.0104. The second kappa shape index (κ2) is 10.8. The van der Waals surface area contributed by atoms with Crippen molar-refractivity contribution < 1.29 is 22.7 Å². The number of sulfonamides is 1. The molecule has 0 bridgehead atoms. The summed E-state index contributed by atoms with van der Waals surface area (Å²) in [4.78, 5) is 27.5. The number of carbonyl (C=O) groups is 2. The van der Waals surface area contributed by atoms with E-state index < -0.39 is 22.1 Å². The van der Waals surface area contributed by atoms with Crippen LogP contribution in [-0.2, 0) is 32.6 Å². The fourth-order valence-corrected chi connectivity index (χ4v) is 3.83. The summed E-state index contributed by atoms with van der Waals surface area (Å²) in [5.41, 5.74) is 2.29. The standard InChI is InChI=1S/C25H26N2O5S/c1-19(32-25(29)22-14-9-15-23(16-22)26-33(2,30)31)24(28)27(17-20-10-5-3-6-11-20)18-21-12-7-4-8-13-21/h3-16,19,26H,17-18H2,1-2H3. The monoisotopic (exact) mass is 466 g/mol. The molecular weight excluding hydrogens is 440 g/mol. The van der Waals surface area contributed by atoms with Gasteiger partial charge in [-0.2, -0.15) is 0 Å². The molecule has 0 aromatic heterocycles. The molecule has 0 heterocycles. The van der Waals surface area contributed by atoms with Gasteiger partial charge in [0, 0.05) is 18.8 Å². The molecule has 0 fully saturated rings. The summed E-state index contributed by atoms with van der Waals surface area (Å²) >= 11 is 0. The highest BCUT2D eigenvalue weighted by Gasteiger charge is 2.25. The van der Waals surface area contributed by atoms with E-state index in [4.69, 9.17) is 4.74 Å². The third kappa shape index (κ3) is 7.47. The first-order chi connectivity index (χ1) is 15.7. The number of carbonyl (C=O) groups excluding carboxylic acids is 2. The Morgan fingerprint density at radius 2 is 1.42 bits per heavy atom. The number of benzene rings is 3. The first-order valence-corrected chi connectivity index (χ1v) is 12.3. The number of nitrogens with one attached hydrogen (secondary N) is 1. The largest absolute Gasteiger partial charge is 0.449 e. The zero-order chi connectivity index (χ0) is 23.8. The van der Waals surface area contributed by atoms with Gasteiger partial charge in [-0.05, 0) is 36.2 Å². The highest BCUT2D eigenvalue weighted by Crippen LogP contribution is 2.16. The Labute approximate surface area is 194 Å². The first-order valence-electron chi connectivity index (χ1n) is 10.4. The average molecular weight is 467 g/mol. The topological polar surface area (TPSA) is 92.8 Å². The van der Waals surface area contributed by atoms with Crippen molar-refractivity contribution in [2.75, 3.05) is 11.0 Å². The molecule has 172 valence electrons. The first kappa shape index (κ1) is 24.0. The lowest BCUT2D eigenvalue weighted by Crippen LogP contribution is -2.39. The van der Waals surface area contributed by atoms with E-state index in [2.05, 4.69) is 4.72 Å². The van der Waals surface area contributed by atoms with Crippen molar-refractivity contribution >= 4 is 27.6 Å². The molecule has 0 saturated heterocycles. The quantitative estimate of drug-likeness (QED) is 0.484. The van der Waals surface area contributed by atoms with Gasteiger partial charge in [0.25, 0.3) is 5.91 Å². The van der Waals surface area contributed by atoms with Gasteiger partial charge in [0.05, 0.1) is 11.8 Å². The van der Waals surface area contributed by atoms with Crippen LogP contribution >= 0.6 is 0 Å². The Morgan fingerprint density at radius 1 is 0.879 bits per heavy atom. The minimum Gasteiger partial charge on any atom is -0.449 e. The van der Waals surface area contributed by atoms with E-state index in [0.29, 0.717) is 13.1 Å². The summed E-state index contributed by atoms with van der Waals surface area (Å²) < 4.78 is 30.6. The summed E-state index contributed by atoms with van der Waals surface area (Å²) in [6, 6.07) is 25.1. The van der Waals surface area contributed by atoms with Gasteiger partial charge in [-0.15, -0.1) is 0 Å². The highest BCUT2D eigenvalue weighted by atomic mass is 32.2. The van der Waals surface area contributed by atoms with Gasteiger partial charge in [0.1, 0.15) is 0 Å². The molecule has 0 aliphatic heterocycles. The van der Waals surface area contributed by atoms with Crippen molar-refractivity contribution in [2.24, 2.45) is 0 Å². The van der Waals surface area contributed by atoms with E-state index in [0.717, 1.165) is 17.4 Å². The maximum atomic E-state index is 13.2. The lowest BCUT2D eigenvalue weighted by Gasteiger charge is -2.26. The van der Waals surface area contributed by atoms with Crippen LogP contribution in [-0.4, -0.2) is 37.6 Å². The zero-order valence-electron chi connectivity index (χ0n) is 18.5. The van der Waals surface area contributed by atoms with Crippen LogP contribution in [0.25, 0.3) is 0 Å². The molecule has 1 N–H and O–H groups in total. The molecule has 1 atom stereocenters. The van der Waals surface area contributed by atoms with E-state index in [1.807, 2.05) is 60.7 Å². The third-order valence-corrected chi connectivity index (χ3v) is 5.38. The van der Waals surface area contributed by atoms with Crippen molar-refractivity contribution in [1.29, 1.82) is 0 Å². The molecule has 0 aliphatic carbocycles. The van der Waals surface area contributed by atoms with Crippen LogP contribution in [0.3, 0.4) is 0 Å². The minimum absolute atomic E-state index is 0.140. The van der Waals surface area contributed by atoms with Gasteiger partial charge in [0.15, 0.2) is 6.10 Å². The van der Waals surface area contributed by atoms with E-state index in [-0.39, 0.29) is 17.2 Å². The Bertz CT molecular complexity index is 1160. The predicted octanol–water partition coefficient (Wildman–Crippen LogP) is 3.83. The van der Waals surface area contributed by atoms with Gasteiger partial charge in [0.2, 0.25) is 10.0 Å². The van der Waals surface area contributed by atoms with Gasteiger partial charge in [-0.3, -0.25) is 9.52 Å². The molecule has 8 heteroatoms. The molecule has 3 aromatic rings. The van der Waals surface area contributed by atoms with Crippen LogP contribution in [0.4, 0.5) is 5.69 Å². The van der Waals surface area contributed by atoms with Crippen molar-refractivity contribution in [3.05, 3.63) is 102 Å². The lowest BCUT2D eigenvalue weighted by atomic mass is 10.1. The van der Waals surface area contributed by atoms with Crippen molar-refractivity contribution in [3.63, 3.8) is 0 Å². The van der Waals surface area contributed by atoms with Crippen molar-refractivity contribution in [3.8, 4) is 0 Å². The Morgan fingerprint density at radius 3 is 1.94 bits per heavy atom. The van der Waals surface area contributed by atoms with E-state index >= 15 is 0 Å². The lowest BCUT2D eigenvalue weighted by molar-refractivity contribution is -0.141. The van der Waals surface area contributed by atoms with E-state index in [1.54, 1.807) is 4.90 Å². The number of amides is 1. The number of ether oxygens (including phenoxy) is 1. The average Bonchev–Trinajstić information content (AvgIpc) is 2.78. The van der Waals surface area contributed by atoms with Gasteiger partial charge in [-0.1, -0.05) is 66.7 Å². The third-order valence-electron chi connectivity index (χ3n) is 4.78. The molecule has 1 unspecified atom stereocenters. The Balaban J connectivity index is 1.74. The molecule has 3 aromatic carbocycles. The van der Waals surface area contributed by atoms with Gasteiger partial charge < -0.3 is 9.64 Å². The number of rotatable bonds is 9. The van der Waals surface area contributed by atoms with E-state index in [1.165, 1.54) is 31.2 Å². The van der Waals surface area contributed by atoms with Crippen molar-refractivity contribution in [1.82, 2.24) is 4.90 Å². The van der Waals surface area contributed by atoms with Crippen LogP contribution in [0.1, 0.15) is 28.4 Å². The predicted molar refractivity (Wildman–Crippen MR) is 127 cm³/mol. The number of anilines is 1. The van der Waals surface area contributed by atoms with Crippen LogP contribution in [0, 0.1) is 0 Å². The summed E-state index contributed by atoms with van der Waals surface area (Å²) in [7, 11) is -3.49. The van der Waals surface area contributed by atoms with Crippen molar-refractivity contribution in [2.45, 2.75) is 26.1 Å². The summed E-state index contributed by atoms with van der Waals surface area (Å²) in [5.74, 6) is -1.05. The SMILES string of the molecule is CC(OC(=O)c1cccc(NS(C)(=O)=O)c1)C(=O)N(Cc1ccccc1)Cc1ccccc1. The molecule has 0 aliphatic rings. The number of nitrogens with zero attached hydrogens (tertiary/aromatic N) is 1. The molecule has 3 rings (SSSR count). The number of hydrogen-bond donors (Lipinski definition) is 1. The molecule has 33 heavy (non-hydrogen) atoms. The van der Waals surface area contributed by atoms with Crippen LogP contribution in [0.5, 0.6) is 0 Å². The fraction of sp³-hybridized carbons (Fsp3) is 0.200. The molecule has 0 radical (unpaired) electrons. The fourth-order valence-electron chi connectivity index (χ4n) is 3.28. The van der Waals surface area contributed by atoms with Crippen LogP contribution in [0.2, 0.25) is 0 Å². The molecule has 0 spiro atoms. The second-order valence-corrected chi connectivity index (χ2v) is 9.42. The zero-order valence-corrected chi connectivity index (χ0v) is 19.3. The summed E-state index contributed by atoms with van der Waals surface area (Å²) in [6.45, 7) is 2.26. The molecule has 1 amide bonds. The highest BCUT2D eigenvalue weighted by molar-refractivity contribution is 7.92. The van der Waals surface area contributed by atoms with Crippen LogP contribution < -0.4 is 4.72 Å². The molecule has 0 saturated carbocycles. The van der Waals surface area contributed by atoms with E-state index in [9.17, 15) is 18.0 Å². The maximum absolute atomic E-state index is 13.2. The Hall–Kier alpha value is -3.65. The minimum atomic E-state index is -3.49. The number of hydrogen-bond acceptors (Lipinski definition) is 5. The second-order valence-electron chi connectivity index (χ2n) is 7.67. The normalized spacial score (nSPS) is 11.9. The molecular formula is C25H26N2O5S. The number of esters is 1. The maximum Gasteiger partial charge on any atom is 0.338 e. The summed E-state index contributed by atoms with van der Waals surface area (Å²) in [5, 5.41) is 0.